The summed E-state index contributed by atoms with van der Waals surface area (Å²) in [7, 11) is 0. The van der Waals surface area contributed by atoms with Gasteiger partial charge < -0.3 is 5.11 Å². The first-order valence-electron chi connectivity index (χ1n) is 5.51. The molecule has 1 N–H and O–H groups in total. The molecule has 0 saturated carbocycles. The maximum atomic E-state index is 10.3. The molecule has 17 heavy (non-hydrogen) atoms. The van der Waals surface area contributed by atoms with Gasteiger partial charge in [0.15, 0.2) is 0 Å². The summed E-state index contributed by atoms with van der Waals surface area (Å²) in [5, 5.41) is 17.1. The zero-order valence-corrected chi connectivity index (χ0v) is 10.4. The number of nitrogens with zero attached hydrogens (tertiary/aromatic N) is 1. The summed E-state index contributed by atoms with van der Waals surface area (Å²) >= 11 is 1.68. The molecule has 0 spiro atoms. The van der Waals surface area contributed by atoms with E-state index in [1.807, 2.05) is 24.3 Å². The summed E-state index contributed by atoms with van der Waals surface area (Å²) in [4.78, 5) is 10.3. The van der Waals surface area contributed by atoms with Gasteiger partial charge in [0.2, 0.25) is 0 Å². The van der Waals surface area contributed by atoms with Crippen LogP contribution in [0, 0.1) is 11.3 Å². The number of benzene rings is 1. The predicted molar refractivity (Wildman–Crippen MR) is 69.1 cm³/mol. The molecule has 0 unspecified atom stereocenters. The number of aliphatic carboxylic acids is 1. The molecule has 0 aromatic heterocycles. The molecule has 0 aliphatic heterocycles. The van der Waals surface area contributed by atoms with Crippen LogP contribution < -0.4 is 0 Å². The van der Waals surface area contributed by atoms with Gasteiger partial charge in [0.1, 0.15) is 0 Å². The highest BCUT2D eigenvalue weighted by Crippen LogP contribution is 2.10. The van der Waals surface area contributed by atoms with Crippen molar-refractivity contribution in [2.75, 3.05) is 11.5 Å². The molecule has 0 bridgehead atoms. The van der Waals surface area contributed by atoms with E-state index in [9.17, 15) is 4.79 Å². The SMILES string of the molecule is N#Cc1ccc(CCCSCCC(=O)O)cc1. The first kappa shape index (κ1) is 13.6. The molecule has 0 fully saturated rings. The fraction of sp³-hybridized carbons (Fsp3) is 0.385. The van der Waals surface area contributed by atoms with Crippen LogP contribution in [0.3, 0.4) is 0 Å². The lowest BCUT2D eigenvalue weighted by atomic mass is 10.1. The molecule has 3 nitrogen and oxygen atoms in total. The first-order chi connectivity index (χ1) is 8.22. The Morgan fingerprint density at radius 3 is 2.59 bits per heavy atom. The third-order valence-electron chi connectivity index (χ3n) is 2.30. The molecule has 0 radical (unpaired) electrons. The maximum absolute atomic E-state index is 10.3. The monoisotopic (exact) mass is 249 g/mol. The van der Waals surface area contributed by atoms with Crippen molar-refractivity contribution in [3.63, 3.8) is 0 Å². The number of hydrogen-bond acceptors (Lipinski definition) is 3. The number of rotatable bonds is 7. The lowest BCUT2D eigenvalue weighted by molar-refractivity contribution is -0.136. The number of hydrogen-bond donors (Lipinski definition) is 1. The van der Waals surface area contributed by atoms with Crippen LogP contribution in [0.4, 0.5) is 0 Å². The Labute approximate surface area is 105 Å². The molecular formula is C13H15NO2S. The van der Waals surface area contributed by atoms with Crippen molar-refractivity contribution in [1.82, 2.24) is 0 Å². The average molecular weight is 249 g/mol. The Morgan fingerprint density at radius 1 is 1.29 bits per heavy atom. The van der Waals surface area contributed by atoms with Crippen LogP contribution in [-0.2, 0) is 11.2 Å². The minimum Gasteiger partial charge on any atom is -0.481 e. The quantitative estimate of drug-likeness (QED) is 0.755. The van der Waals surface area contributed by atoms with E-state index < -0.39 is 5.97 Å². The Balaban J connectivity index is 2.14. The van der Waals surface area contributed by atoms with E-state index >= 15 is 0 Å². The molecular weight excluding hydrogens is 234 g/mol. The van der Waals surface area contributed by atoms with Crippen LogP contribution in [0.5, 0.6) is 0 Å². The molecule has 90 valence electrons. The van der Waals surface area contributed by atoms with Gasteiger partial charge in [-0.3, -0.25) is 4.79 Å². The zero-order valence-electron chi connectivity index (χ0n) is 9.56. The number of carbonyl (C=O) groups is 1. The largest absolute Gasteiger partial charge is 0.481 e. The van der Waals surface area contributed by atoms with Crippen LogP contribution in [-0.4, -0.2) is 22.6 Å². The molecule has 1 aromatic carbocycles. The van der Waals surface area contributed by atoms with Gasteiger partial charge in [-0.2, -0.15) is 17.0 Å². The number of nitriles is 1. The summed E-state index contributed by atoms with van der Waals surface area (Å²) in [6.07, 6.45) is 2.25. The summed E-state index contributed by atoms with van der Waals surface area (Å²) in [6.45, 7) is 0. The van der Waals surface area contributed by atoms with Gasteiger partial charge in [0.25, 0.3) is 0 Å². The van der Waals surface area contributed by atoms with Crippen LogP contribution in [0.15, 0.2) is 24.3 Å². The van der Waals surface area contributed by atoms with Crippen molar-refractivity contribution >= 4 is 17.7 Å². The number of aryl methyl sites for hydroxylation is 1. The summed E-state index contributed by atoms with van der Waals surface area (Å²) in [6, 6.07) is 9.69. The van der Waals surface area contributed by atoms with E-state index in [1.165, 1.54) is 5.56 Å². The normalized spacial score (nSPS) is 9.82. The van der Waals surface area contributed by atoms with Crippen LogP contribution >= 0.6 is 11.8 Å². The van der Waals surface area contributed by atoms with Gasteiger partial charge in [-0.05, 0) is 36.3 Å². The van der Waals surface area contributed by atoms with Crippen LogP contribution in [0.25, 0.3) is 0 Å². The van der Waals surface area contributed by atoms with E-state index in [0.717, 1.165) is 18.6 Å². The van der Waals surface area contributed by atoms with Crippen molar-refractivity contribution in [3.8, 4) is 6.07 Å². The third kappa shape index (κ3) is 5.98. The third-order valence-corrected chi connectivity index (χ3v) is 3.37. The van der Waals surface area contributed by atoms with Gasteiger partial charge in [0, 0.05) is 5.75 Å². The fourth-order valence-electron chi connectivity index (χ4n) is 1.39. The Kier molecular flexibility index (Phi) is 6.19. The summed E-state index contributed by atoms with van der Waals surface area (Å²) in [5.74, 6) is 0.931. The highest BCUT2D eigenvalue weighted by molar-refractivity contribution is 7.99. The van der Waals surface area contributed by atoms with E-state index in [1.54, 1.807) is 11.8 Å². The summed E-state index contributed by atoms with van der Waals surface area (Å²) < 4.78 is 0. The molecule has 0 aliphatic rings. The maximum Gasteiger partial charge on any atom is 0.304 e. The second-order valence-electron chi connectivity index (χ2n) is 3.67. The molecule has 0 atom stereocenters. The number of carboxylic acids is 1. The fourth-order valence-corrected chi connectivity index (χ4v) is 2.26. The van der Waals surface area contributed by atoms with Gasteiger partial charge in [-0.25, -0.2) is 0 Å². The van der Waals surface area contributed by atoms with Gasteiger partial charge in [-0.15, -0.1) is 0 Å². The highest BCUT2D eigenvalue weighted by atomic mass is 32.2. The van der Waals surface area contributed by atoms with Gasteiger partial charge in [0.05, 0.1) is 18.1 Å². The van der Waals surface area contributed by atoms with Gasteiger partial charge in [-0.1, -0.05) is 12.1 Å². The number of thioether (sulfide) groups is 1. The van der Waals surface area contributed by atoms with Crippen molar-refractivity contribution in [2.24, 2.45) is 0 Å². The van der Waals surface area contributed by atoms with E-state index in [-0.39, 0.29) is 6.42 Å². The minimum absolute atomic E-state index is 0.238. The van der Waals surface area contributed by atoms with Gasteiger partial charge >= 0.3 is 5.97 Å². The molecule has 4 heteroatoms. The highest BCUT2D eigenvalue weighted by Gasteiger charge is 1.98. The van der Waals surface area contributed by atoms with Crippen molar-refractivity contribution < 1.29 is 9.90 Å². The smallest absolute Gasteiger partial charge is 0.304 e. The second kappa shape index (κ2) is 7.75. The van der Waals surface area contributed by atoms with Crippen LogP contribution in [0.2, 0.25) is 0 Å². The van der Waals surface area contributed by atoms with Crippen molar-refractivity contribution in [1.29, 1.82) is 5.26 Å². The Hall–Kier alpha value is -1.47. The molecule has 0 saturated heterocycles. The molecule has 0 aliphatic carbocycles. The topological polar surface area (TPSA) is 61.1 Å². The average Bonchev–Trinajstić information content (AvgIpc) is 2.34. The molecule has 1 rings (SSSR count). The Morgan fingerprint density at radius 2 is 2.00 bits per heavy atom. The lowest BCUT2D eigenvalue weighted by Gasteiger charge is -2.01. The molecule has 1 aromatic rings. The molecule has 0 amide bonds. The predicted octanol–water partition coefficient (Wildman–Crippen LogP) is 2.70. The van der Waals surface area contributed by atoms with E-state index in [4.69, 9.17) is 10.4 Å². The van der Waals surface area contributed by atoms with Crippen molar-refractivity contribution in [2.45, 2.75) is 19.3 Å². The standard InChI is InChI=1S/C13H15NO2S/c14-10-12-5-3-11(4-6-12)2-1-8-17-9-7-13(15)16/h3-6H,1-2,7-9H2,(H,15,16). The second-order valence-corrected chi connectivity index (χ2v) is 4.89. The Bertz CT molecular complexity index is 395. The van der Waals surface area contributed by atoms with E-state index in [2.05, 4.69) is 6.07 Å². The van der Waals surface area contributed by atoms with Crippen LogP contribution in [0.1, 0.15) is 24.0 Å². The lowest BCUT2D eigenvalue weighted by Crippen LogP contribution is -1.97. The molecule has 0 heterocycles. The van der Waals surface area contributed by atoms with E-state index in [0.29, 0.717) is 11.3 Å². The first-order valence-corrected chi connectivity index (χ1v) is 6.66. The zero-order chi connectivity index (χ0) is 12.5. The minimum atomic E-state index is -0.732. The van der Waals surface area contributed by atoms with Crippen molar-refractivity contribution in [3.05, 3.63) is 35.4 Å². The number of carboxylic acid groups (broad SMARTS) is 1. The summed E-state index contributed by atoms with van der Waals surface area (Å²) in [5.41, 5.74) is 1.91.